The van der Waals surface area contributed by atoms with Crippen molar-refractivity contribution in [1.29, 1.82) is 0 Å². The fourth-order valence-corrected chi connectivity index (χ4v) is 1.98. The first kappa shape index (κ1) is 17.5. The van der Waals surface area contributed by atoms with Crippen molar-refractivity contribution in [3.63, 3.8) is 0 Å². The topological polar surface area (TPSA) is 80.7 Å². The third-order valence-electron chi connectivity index (χ3n) is 3.01. The van der Waals surface area contributed by atoms with E-state index in [0.29, 0.717) is 19.6 Å². The van der Waals surface area contributed by atoms with Gasteiger partial charge in [0.25, 0.3) is 0 Å². The average molecular weight is 297 g/mol. The van der Waals surface area contributed by atoms with Gasteiger partial charge in [-0.15, -0.1) is 0 Å². The summed E-state index contributed by atoms with van der Waals surface area (Å²) in [5, 5.41) is 2.77. The van der Waals surface area contributed by atoms with Gasteiger partial charge in [0.1, 0.15) is 11.4 Å². The Kier molecular flexibility index (Phi) is 6.71. The van der Waals surface area contributed by atoms with Crippen LogP contribution in [0.15, 0.2) is 22.8 Å². The lowest BCUT2D eigenvalue weighted by atomic mass is 10.2. The van der Waals surface area contributed by atoms with E-state index in [9.17, 15) is 4.79 Å². The summed E-state index contributed by atoms with van der Waals surface area (Å²) in [5.74, 6) is 0.882. The number of likely N-dealkylation sites (N-methyl/N-ethyl adjacent to an activating group) is 1. The second kappa shape index (κ2) is 8.05. The van der Waals surface area contributed by atoms with E-state index in [1.165, 1.54) is 0 Å². The number of carbonyl (C=O) groups is 1. The van der Waals surface area contributed by atoms with Crippen molar-refractivity contribution >= 4 is 6.09 Å². The largest absolute Gasteiger partial charge is 0.468 e. The fourth-order valence-electron chi connectivity index (χ4n) is 1.98. The van der Waals surface area contributed by atoms with Crippen LogP contribution in [0.25, 0.3) is 0 Å². The van der Waals surface area contributed by atoms with Crippen LogP contribution in [-0.4, -0.2) is 42.3 Å². The van der Waals surface area contributed by atoms with E-state index < -0.39 is 11.7 Å². The zero-order chi connectivity index (χ0) is 15.9. The number of rotatable bonds is 7. The molecule has 1 aromatic rings. The van der Waals surface area contributed by atoms with E-state index in [1.807, 2.05) is 32.9 Å². The molecule has 120 valence electrons. The second-order valence-corrected chi connectivity index (χ2v) is 5.91. The monoisotopic (exact) mass is 297 g/mol. The van der Waals surface area contributed by atoms with Gasteiger partial charge in [0, 0.05) is 19.1 Å². The van der Waals surface area contributed by atoms with Crippen LogP contribution < -0.4 is 11.1 Å². The average Bonchev–Trinajstić information content (AvgIpc) is 2.88. The number of furan rings is 1. The van der Waals surface area contributed by atoms with Gasteiger partial charge in [-0.1, -0.05) is 6.92 Å². The number of nitrogens with zero attached hydrogens (tertiary/aromatic N) is 1. The maximum absolute atomic E-state index is 11.7. The molecule has 0 aliphatic rings. The van der Waals surface area contributed by atoms with Gasteiger partial charge >= 0.3 is 6.09 Å². The molecular formula is C15H27N3O3. The summed E-state index contributed by atoms with van der Waals surface area (Å²) in [6, 6.07) is 3.82. The smallest absolute Gasteiger partial charge is 0.407 e. The predicted octanol–water partition coefficient (Wildman–Crippen LogP) is 1.95. The van der Waals surface area contributed by atoms with Crippen LogP contribution in [0, 0.1) is 0 Å². The zero-order valence-electron chi connectivity index (χ0n) is 13.4. The maximum atomic E-state index is 11.7. The molecule has 0 radical (unpaired) electrons. The number of hydrogen-bond acceptors (Lipinski definition) is 5. The molecule has 6 heteroatoms. The Morgan fingerprint density at radius 3 is 2.71 bits per heavy atom. The number of amides is 1. The summed E-state index contributed by atoms with van der Waals surface area (Å²) in [6.07, 6.45) is 1.23. The van der Waals surface area contributed by atoms with Crippen LogP contribution in [0.1, 0.15) is 33.5 Å². The van der Waals surface area contributed by atoms with Gasteiger partial charge in [-0.2, -0.15) is 0 Å². The van der Waals surface area contributed by atoms with Crippen molar-refractivity contribution < 1.29 is 13.9 Å². The number of carbonyl (C=O) groups excluding carboxylic acids is 1. The molecule has 21 heavy (non-hydrogen) atoms. The lowest BCUT2D eigenvalue weighted by molar-refractivity contribution is 0.0506. The lowest BCUT2D eigenvalue weighted by Crippen LogP contribution is -2.48. The third kappa shape index (κ3) is 6.64. The number of nitrogens with one attached hydrogen (secondary N) is 1. The highest BCUT2D eigenvalue weighted by Crippen LogP contribution is 2.09. The zero-order valence-corrected chi connectivity index (χ0v) is 13.4. The van der Waals surface area contributed by atoms with E-state index in [0.717, 1.165) is 12.3 Å². The molecule has 0 spiro atoms. The van der Waals surface area contributed by atoms with Crippen LogP contribution in [0.3, 0.4) is 0 Å². The minimum absolute atomic E-state index is 0.0348. The van der Waals surface area contributed by atoms with E-state index in [1.54, 1.807) is 6.26 Å². The van der Waals surface area contributed by atoms with Gasteiger partial charge in [-0.05, 0) is 39.4 Å². The summed E-state index contributed by atoms with van der Waals surface area (Å²) < 4.78 is 10.6. The van der Waals surface area contributed by atoms with E-state index in [4.69, 9.17) is 14.9 Å². The van der Waals surface area contributed by atoms with E-state index in [2.05, 4.69) is 17.1 Å². The molecular weight excluding hydrogens is 270 g/mol. The standard InChI is InChI=1S/C15H27N3O3/c1-5-18(11-13-7-6-8-20-13)12(9-16)10-17-14(19)21-15(2,3)4/h6-8,12H,5,9-11,16H2,1-4H3,(H,17,19). The summed E-state index contributed by atoms with van der Waals surface area (Å²) in [4.78, 5) is 13.9. The van der Waals surface area contributed by atoms with Crippen molar-refractivity contribution in [2.45, 2.75) is 45.9 Å². The first-order chi connectivity index (χ1) is 9.85. The highest BCUT2D eigenvalue weighted by molar-refractivity contribution is 5.67. The maximum Gasteiger partial charge on any atom is 0.407 e. The van der Waals surface area contributed by atoms with Crippen molar-refractivity contribution in [2.24, 2.45) is 5.73 Å². The molecule has 1 amide bonds. The van der Waals surface area contributed by atoms with Gasteiger partial charge < -0.3 is 20.2 Å². The molecule has 0 saturated heterocycles. The van der Waals surface area contributed by atoms with Crippen LogP contribution in [-0.2, 0) is 11.3 Å². The van der Waals surface area contributed by atoms with E-state index >= 15 is 0 Å². The van der Waals surface area contributed by atoms with Crippen LogP contribution >= 0.6 is 0 Å². The number of nitrogens with two attached hydrogens (primary N) is 1. The van der Waals surface area contributed by atoms with Crippen molar-refractivity contribution in [1.82, 2.24) is 10.2 Å². The SMILES string of the molecule is CCN(Cc1ccco1)C(CN)CNC(=O)OC(C)(C)C. The Morgan fingerprint density at radius 1 is 1.52 bits per heavy atom. The number of ether oxygens (including phenoxy) is 1. The highest BCUT2D eigenvalue weighted by atomic mass is 16.6. The van der Waals surface area contributed by atoms with E-state index in [-0.39, 0.29) is 6.04 Å². The lowest BCUT2D eigenvalue weighted by Gasteiger charge is -2.29. The van der Waals surface area contributed by atoms with Gasteiger partial charge in [-0.3, -0.25) is 4.90 Å². The predicted molar refractivity (Wildman–Crippen MR) is 81.9 cm³/mol. The Bertz CT molecular complexity index is 412. The molecule has 1 atom stereocenters. The summed E-state index contributed by atoms with van der Waals surface area (Å²) in [6.45, 7) is 9.94. The van der Waals surface area contributed by atoms with Crippen LogP contribution in [0.4, 0.5) is 4.79 Å². The van der Waals surface area contributed by atoms with Gasteiger partial charge in [-0.25, -0.2) is 4.79 Å². The summed E-state index contributed by atoms with van der Waals surface area (Å²) in [7, 11) is 0. The molecule has 0 saturated carbocycles. The van der Waals surface area contributed by atoms with Crippen molar-refractivity contribution in [2.75, 3.05) is 19.6 Å². The Hall–Kier alpha value is -1.53. The third-order valence-corrected chi connectivity index (χ3v) is 3.01. The molecule has 6 nitrogen and oxygen atoms in total. The minimum Gasteiger partial charge on any atom is -0.468 e. The molecule has 1 aromatic heterocycles. The van der Waals surface area contributed by atoms with Crippen LogP contribution in [0.2, 0.25) is 0 Å². The first-order valence-corrected chi connectivity index (χ1v) is 7.29. The fraction of sp³-hybridized carbons (Fsp3) is 0.667. The minimum atomic E-state index is -0.499. The molecule has 1 unspecified atom stereocenters. The molecule has 1 heterocycles. The highest BCUT2D eigenvalue weighted by Gasteiger charge is 2.20. The second-order valence-electron chi connectivity index (χ2n) is 5.91. The Labute approximate surface area is 126 Å². The van der Waals surface area contributed by atoms with Gasteiger partial charge in [0.2, 0.25) is 0 Å². The number of hydrogen-bond donors (Lipinski definition) is 2. The molecule has 0 aliphatic heterocycles. The van der Waals surface area contributed by atoms with Crippen molar-refractivity contribution in [3.05, 3.63) is 24.2 Å². The van der Waals surface area contributed by atoms with Gasteiger partial charge in [0.05, 0.1) is 12.8 Å². The summed E-state index contributed by atoms with van der Waals surface area (Å²) in [5.41, 5.74) is 5.33. The molecule has 0 fully saturated rings. The Morgan fingerprint density at radius 2 is 2.24 bits per heavy atom. The molecule has 0 aromatic carbocycles. The van der Waals surface area contributed by atoms with Crippen molar-refractivity contribution in [3.8, 4) is 0 Å². The molecule has 3 N–H and O–H groups in total. The summed E-state index contributed by atoms with van der Waals surface area (Å²) >= 11 is 0. The normalized spacial score (nSPS) is 13.2. The quantitative estimate of drug-likeness (QED) is 0.804. The first-order valence-electron chi connectivity index (χ1n) is 7.29. The molecule has 0 aliphatic carbocycles. The molecule has 1 rings (SSSR count). The molecule has 0 bridgehead atoms. The van der Waals surface area contributed by atoms with Gasteiger partial charge in [0.15, 0.2) is 0 Å². The Balaban J connectivity index is 2.50. The van der Waals surface area contributed by atoms with Crippen LogP contribution in [0.5, 0.6) is 0 Å². The number of alkyl carbamates (subject to hydrolysis) is 1.